The van der Waals surface area contributed by atoms with Crippen LogP contribution in [0.2, 0.25) is 0 Å². The highest BCUT2D eigenvalue weighted by Crippen LogP contribution is 2.15. The number of aliphatic imine (C=N–C) groups is 1. The lowest BCUT2D eigenvalue weighted by molar-refractivity contribution is 0.146. The van der Waals surface area contributed by atoms with E-state index in [1.54, 1.807) is 7.11 Å². The average Bonchev–Trinajstić information content (AvgIpc) is 2.69. The molecular weight excluding hydrogens is 340 g/mol. The zero-order valence-electron chi connectivity index (χ0n) is 17.2. The Balaban J connectivity index is 1.64. The minimum atomic E-state index is 0.562. The van der Waals surface area contributed by atoms with Crippen LogP contribution in [0.25, 0.3) is 0 Å². The lowest BCUT2D eigenvalue weighted by Crippen LogP contribution is -2.39. The van der Waals surface area contributed by atoms with Crippen molar-refractivity contribution in [3.63, 3.8) is 0 Å². The second-order valence-electron chi connectivity index (χ2n) is 7.22. The molecule has 1 saturated heterocycles. The molecule has 0 atom stereocenters. The first-order chi connectivity index (χ1) is 13.2. The number of hydrogen-bond donors (Lipinski definition) is 2. The fourth-order valence-corrected chi connectivity index (χ4v) is 3.19. The first-order valence-electron chi connectivity index (χ1n) is 10.1. The molecule has 0 spiro atoms. The van der Waals surface area contributed by atoms with E-state index in [-0.39, 0.29) is 0 Å². The summed E-state index contributed by atoms with van der Waals surface area (Å²) in [4.78, 5) is 6.89. The van der Waals surface area contributed by atoms with Crippen molar-refractivity contribution in [2.45, 2.75) is 32.7 Å². The molecule has 0 radical (unpaired) electrons. The van der Waals surface area contributed by atoms with E-state index in [1.807, 2.05) is 25.2 Å². The van der Waals surface area contributed by atoms with Gasteiger partial charge < -0.3 is 25.0 Å². The standard InChI is InChI=1S/C21H36N4O2/c1-18-8-12-25(13-9-18)11-5-10-23-21(22-2)24-17-19-6-4-7-20(16-19)27-15-14-26-3/h4,6-7,16,18H,5,8-15,17H2,1-3H3,(H2,22,23,24). The first-order valence-corrected chi connectivity index (χ1v) is 10.1. The van der Waals surface area contributed by atoms with Crippen molar-refractivity contribution in [2.24, 2.45) is 10.9 Å². The number of guanidine groups is 1. The molecule has 1 aliphatic heterocycles. The van der Waals surface area contributed by atoms with Crippen LogP contribution in [-0.2, 0) is 11.3 Å². The van der Waals surface area contributed by atoms with Gasteiger partial charge in [0.05, 0.1) is 6.61 Å². The Hall–Kier alpha value is -1.79. The van der Waals surface area contributed by atoms with Gasteiger partial charge in [0.1, 0.15) is 12.4 Å². The zero-order valence-corrected chi connectivity index (χ0v) is 17.2. The van der Waals surface area contributed by atoms with Crippen LogP contribution < -0.4 is 15.4 Å². The Morgan fingerprint density at radius 2 is 2.04 bits per heavy atom. The summed E-state index contributed by atoms with van der Waals surface area (Å²) in [6.45, 7) is 8.82. The summed E-state index contributed by atoms with van der Waals surface area (Å²) in [5.74, 6) is 2.60. The maximum Gasteiger partial charge on any atom is 0.191 e. The van der Waals surface area contributed by atoms with E-state index >= 15 is 0 Å². The van der Waals surface area contributed by atoms with Crippen molar-refractivity contribution in [3.8, 4) is 5.75 Å². The molecule has 6 nitrogen and oxygen atoms in total. The monoisotopic (exact) mass is 376 g/mol. The summed E-state index contributed by atoms with van der Waals surface area (Å²) in [5.41, 5.74) is 1.16. The Kier molecular flexibility index (Phi) is 10.0. The number of likely N-dealkylation sites (tertiary alicyclic amines) is 1. The Morgan fingerprint density at radius 3 is 2.78 bits per heavy atom. The quantitative estimate of drug-likeness (QED) is 0.373. The number of nitrogens with zero attached hydrogens (tertiary/aromatic N) is 2. The maximum absolute atomic E-state index is 5.66. The van der Waals surface area contributed by atoms with Crippen LogP contribution in [0, 0.1) is 5.92 Å². The van der Waals surface area contributed by atoms with Gasteiger partial charge in [0.25, 0.3) is 0 Å². The highest BCUT2D eigenvalue weighted by Gasteiger charge is 2.14. The average molecular weight is 377 g/mol. The van der Waals surface area contributed by atoms with Crippen LogP contribution in [0.3, 0.4) is 0 Å². The van der Waals surface area contributed by atoms with Gasteiger partial charge in [0.2, 0.25) is 0 Å². The molecule has 1 aromatic carbocycles. The predicted octanol–water partition coefficient (Wildman–Crippen LogP) is 2.50. The molecule has 2 rings (SSSR count). The molecule has 1 aliphatic rings. The largest absolute Gasteiger partial charge is 0.491 e. The van der Waals surface area contributed by atoms with Crippen molar-refractivity contribution in [1.82, 2.24) is 15.5 Å². The second-order valence-corrected chi connectivity index (χ2v) is 7.22. The molecule has 0 aromatic heterocycles. The van der Waals surface area contributed by atoms with E-state index in [9.17, 15) is 0 Å². The number of nitrogens with one attached hydrogen (secondary N) is 2. The summed E-state index contributed by atoms with van der Waals surface area (Å²) in [6.07, 6.45) is 3.81. The minimum absolute atomic E-state index is 0.562. The first kappa shape index (κ1) is 21.5. The fourth-order valence-electron chi connectivity index (χ4n) is 3.19. The van der Waals surface area contributed by atoms with Gasteiger partial charge in [-0.05, 0) is 62.5 Å². The Bertz CT molecular complexity index is 557. The van der Waals surface area contributed by atoms with Gasteiger partial charge >= 0.3 is 0 Å². The Labute approximate surface area is 164 Å². The van der Waals surface area contributed by atoms with Gasteiger partial charge in [-0.2, -0.15) is 0 Å². The topological polar surface area (TPSA) is 58.1 Å². The predicted molar refractivity (Wildman–Crippen MR) is 111 cm³/mol. The molecule has 0 unspecified atom stereocenters. The van der Waals surface area contributed by atoms with E-state index in [0.717, 1.165) is 42.7 Å². The van der Waals surface area contributed by atoms with E-state index in [4.69, 9.17) is 9.47 Å². The van der Waals surface area contributed by atoms with Crippen molar-refractivity contribution in [1.29, 1.82) is 0 Å². The highest BCUT2D eigenvalue weighted by molar-refractivity contribution is 5.79. The van der Waals surface area contributed by atoms with E-state index in [2.05, 4.69) is 33.5 Å². The summed E-state index contributed by atoms with van der Waals surface area (Å²) < 4.78 is 10.7. The molecule has 2 N–H and O–H groups in total. The molecule has 0 saturated carbocycles. The van der Waals surface area contributed by atoms with E-state index in [1.165, 1.54) is 25.9 Å². The minimum Gasteiger partial charge on any atom is -0.491 e. The van der Waals surface area contributed by atoms with Gasteiger partial charge in [-0.1, -0.05) is 19.1 Å². The van der Waals surface area contributed by atoms with Gasteiger partial charge in [0, 0.05) is 27.2 Å². The molecule has 152 valence electrons. The molecule has 6 heteroatoms. The smallest absolute Gasteiger partial charge is 0.191 e. The number of benzene rings is 1. The number of piperidine rings is 1. The van der Waals surface area contributed by atoms with E-state index < -0.39 is 0 Å². The van der Waals surface area contributed by atoms with Crippen LogP contribution in [0.15, 0.2) is 29.3 Å². The normalized spacial score (nSPS) is 16.3. The molecule has 0 bridgehead atoms. The fraction of sp³-hybridized carbons (Fsp3) is 0.667. The molecule has 1 fully saturated rings. The van der Waals surface area contributed by atoms with E-state index in [0.29, 0.717) is 19.8 Å². The third-order valence-electron chi connectivity index (χ3n) is 4.96. The van der Waals surface area contributed by atoms with Gasteiger partial charge in [-0.3, -0.25) is 4.99 Å². The number of ether oxygens (including phenoxy) is 2. The molecule has 27 heavy (non-hydrogen) atoms. The SMILES string of the molecule is CN=C(NCCCN1CCC(C)CC1)NCc1cccc(OCCOC)c1. The summed E-state index contributed by atoms with van der Waals surface area (Å²) in [6, 6.07) is 8.11. The van der Waals surface area contributed by atoms with Gasteiger partial charge in [-0.15, -0.1) is 0 Å². The third kappa shape index (κ3) is 8.63. The van der Waals surface area contributed by atoms with Crippen molar-refractivity contribution < 1.29 is 9.47 Å². The highest BCUT2D eigenvalue weighted by atomic mass is 16.5. The third-order valence-corrected chi connectivity index (χ3v) is 4.96. The molecule has 0 aliphatic carbocycles. The summed E-state index contributed by atoms with van der Waals surface area (Å²) >= 11 is 0. The lowest BCUT2D eigenvalue weighted by atomic mass is 9.99. The van der Waals surface area contributed by atoms with Crippen LogP contribution in [0.1, 0.15) is 31.7 Å². The van der Waals surface area contributed by atoms with Crippen molar-refractivity contribution in [2.75, 3.05) is 53.6 Å². The van der Waals surface area contributed by atoms with Crippen LogP contribution in [0.5, 0.6) is 5.75 Å². The Morgan fingerprint density at radius 1 is 1.22 bits per heavy atom. The van der Waals surface area contributed by atoms with Gasteiger partial charge in [0.15, 0.2) is 5.96 Å². The van der Waals surface area contributed by atoms with Crippen LogP contribution in [0.4, 0.5) is 0 Å². The molecule has 1 aromatic rings. The van der Waals surface area contributed by atoms with Crippen LogP contribution in [-0.4, -0.2) is 64.4 Å². The van der Waals surface area contributed by atoms with Crippen molar-refractivity contribution >= 4 is 5.96 Å². The number of hydrogen-bond acceptors (Lipinski definition) is 4. The maximum atomic E-state index is 5.66. The second kappa shape index (κ2) is 12.6. The number of rotatable bonds is 10. The summed E-state index contributed by atoms with van der Waals surface area (Å²) in [7, 11) is 3.49. The molecular formula is C21H36N4O2. The van der Waals surface area contributed by atoms with Gasteiger partial charge in [-0.25, -0.2) is 0 Å². The van der Waals surface area contributed by atoms with Crippen LogP contribution >= 0.6 is 0 Å². The molecule has 1 heterocycles. The van der Waals surface area contributed by atoms with Crippen molar-refractivity contribution in [3.05, 3.63) is 29.8 Å². The number of methoxy groups -OCH3 is 1. The summed E-state index contributed by atoms with van der Waals surface area (Å²) in [5, 5.41) is 6.78. The lowest BCUT2D eigenvalue weighted by Gasteiger charge is -2.30. The molecule has 0 amide bonds. The zero-order chi connectivity index (χ0) is 19.3.